The minimum absolute atomic E-state index is 0.000560. The Morgan fingerprint density at radius 2 is 1.90 bits per heavy atom. The van der Waals surface area contributed by atoms with E-state index in [0.717, 1.165) is 24.2 Å². The zero-order chi connectivity index (χ0) is 21.8. The maximum Gasteiger partial charge on any atom is 0.242 e. The van der Waals surface area contributed by atoms with Crippen LogP contribution in [-0.4, -0.2) is 54.2 Å². The van der Waals surface area contributed by atoms with Gasteiger partial charge >= 0.3 is 0 Å². The molecule has 1 atom stereocenters. The largest absolute Gasteiger partial charge is 0.464 e. The molecule has 1 fully saturated rings. The zero-order valence-electron chi connectivity index (χ0n) is 18.0. The second kappa shape index (κ2) is 9.43. The van der Waals surface area contributed by atoms with Gasteiger partial charge in [-0.25, -0.2) is 0 Å². The van der Waals surface area contributed by atoms with Crippen molar-refractivity contribution < 1.29 is 28.2 Å². The number of amides is 2. The van der Waals surface area contributed by atoms with Crippen molar-refractivity contribution in [3.63, 3.8) is 0 Å². The molecule has 0 aliphatic carbocycles. The molecule has 0 radical (unpaired) electrons. The average Bonchev–Trinajstić information content (AvgIpc) is 3.49. The molecule has 166 valence electrons. The van der Waals surface area contributed by atoms with Gasteiger partial charge in [0, 0.05) is 26.6 Å². The molecule has 2 aromatic rings. The number of hydrogen-bond donors (Lipinski definition) is 0. The number of benzene rings is 1. The van der Waals surface area contributed by atoms with Crippen molar-refractivity contribution >= 4 is 11.8 Å². The Balaban J connectivity index is 1.49. The van der Waals surface area contributed by atoms with Crippen LogP contribution in [0.2, 0.25) is 0 Å². The van der Waals surface area contributed by atoms with Gasteiger partial charge in [-0.3, -0.25) is 9.59 Å². The van der Waals surface area contributed by atoms with E-state index in [1.807, 2.05) is 37.3 Å². The van der Waals surface area contributed by atoms with Crippen molar-refractivity contribution in [3.8, 4) is 11.5 Å². The molecule has 1 saturated heterocycles. The Labute approximate surface area is 181 Å². The monoisotopic (exact) mass is 428 g/mol. The predicted molar refractivity (Wildman–Crippen MR) is 111 cm³/mol. The van der Waals surface area contributed by atoms with Crippen molar-refractivity contribution in [1.29, 1.82) is 0 Å². The Morgan fingerprint density at radius 3 is 2.61 bits per heavy atom. The fourth-order valence-electron chi connectivity index (χ4n) is 3.85. The fourth-order valence-corrected chi connectivity index (χ4v) is 3.85. The molecule has 0 spiro atoms. The average molecular weight is 428 g/mol. The summed E-state index contributed by atoms with van der Waals surface area (Å²) in [5, 5.41) is 0. The molecule has 1 aromatic carbocycles. The molecule has 31 heavy (non-hydrogen) atoms. The molecule has 0 saturated carbocycles. The van der Waals surface area contributed by atoms with E-state index in [1.165, 1.54) is 6.92 Å². The van der Waals surface area contributed by atoms with Gasteiger partial charge in [-0.2, -0.15) is 0 Å². The number of rotatable bonds is 8. The highest BCUT2D eigenvalue weighted by molar-refractivity contribution is 5.83. The lowest BCUT2D eigenvalue weighted by molar-refractivity contribution is -0.141. The van der Waals surface area contributed by atoms with Crippen LogP contribution in [0.5, 0.6) is 11.5 Å². The normalized spacial score (nSPS) is 17.0. The van der Waals surface area contributed by atoms with E-state index >= 15 is 0 Å². The van der Waals surface area contributed by atoms with E-state index in [-0.39, 0.29) is 31.3 Å². The van der Waals surface area contributed by atoms with Crippen LogP contribution in [0.1, 0.15) is 36.8 Å². The van der Waals surface area contributed by atoms with E-state index in [9.17, 15) is 9.59 Å². The summed E-state index contributed by atoms with van der Waals surface area (Å²) in [6.45, 7) is 5.36. The Kier molecular flexibility index (Phi) is 6.46. The lowest BCUT2D eigenvalue weighted by Gasteiger charge is -2.28. The van der Waals surface area contributed by atoms with Crippen molar-refractivity contribution in [1.82, 2.24) is 9.80 Å². The highest BCUT2D eigenvalue weighted by Gasteiger charge is 2.25. The van der Waals surface area contributed by atoms with Gasteiger partial charge < -0.3 is 28.4 Å². The summed E-state index contributed by atoms with van der Waals surface area (Å²) >= 11 is 0. The molecule has 3 heterocycles. The summed E-state index contributed by atoms with van der Waals surface area (Å²) in [4.78, 5) is 28.7. The maximum absolute atomic E-state index is 13.3. The summed E-state index contributed by atoms with van der Waals surface area (Å²) < 4.78 is 22.2. The van der Waals surface area contributed by atoms with Gasteiger partial charge in [-0.1, -0.05) is 6.07 Å². The first kappa shape index (κ1) is 21.2. The van der Waals surface area contributed by atoms with E-state index < -0.39 is 0 Å². The topological polar surface area (TPSA) is 81.5 Å². The molecule has 2 amide bonds. The van der Waals surface area contributed by atoms with E-state index in [0.29, 0.717) is 43.5 Å². The van der Waals surface area contributed by atoms with Crippen LogP contribution in [0.15, 0.2) is 34.7 Å². The smallest absolute Gasteiger partial charge is 0.242 e. The van der Waals surface area contributed by atoms with Gasteiger partial charge in [0.25, 0.3) is 0 Å². The lowest BCUT2D eigenvalue weighted by Crippen LogP contribution is -2.44. The lowest BCUT2D eigenvalue weighted by atomic mass is 10.1. The molecule has 8 nitrogen and oxygen atoms in total. The highest BCUT2D eigenvalue weighted by atomic mass is 16.7. The van der Waals surface area contributed by atoms with Crippen LogP contribution in [0.25, 0.3) is 0 Å². The number of nitrogens with zero attached hydrogens (tertiary/aromatic N) is 2. The number of furan rings is 1. The third-order valence-electron chi connectivity index (χ3n) is 5.53. The minimum Gasteiger partial charge on any atom is -0.464 e. The van der Waals surface area contributed by atoms with Crippen LogP contribution < -0.4 is 9.47 Å². The number of ether oxygens (including phenoxy) is 3. The van der Waals surface area contributed by atoms with E-state index in [1.54, 1.807) is 9.80 Å². The van der Waals surface area contributed by atoms with E-state index in [4.69, 9.17) is 18.6 Å². The van der Waals surface area contributed by atoms with Crippen molar-refractivity contribution in [2.45, 2.75) is 45.9 Å². The molecule has 2 aliphatic rings. The second-order valence-corrected chi connectivity index (χ2v) is 7.98. The standard InChI is InChI=1S/C23H28N2O6/c1-16-5-7-20(31-16)13-25(11-18-6-8-21-22(10-18)30-15-29-21)23(27)14-24(17(2)26)12-19-4-3-9-28-19/h5-8,10,19H,3-4,9,11-15H2,1-2H3. The number of carbonyl (C=O) groups excluding carboxylic acids is 2. The van der Waals surface area contributed by atoms with Gasteiger partial charge in [0.15, 0.2) is 11.5 Å². The third-order valence-corrected chi connectivity index (χ3v) is 5.53. The molecule has 8 heteroatoms. The van der Waals surface area contributed by atoms with Crippen molar-refractivity contribution in [3.05, 3.63) is 47.4 Å². The summed E-state index contributed by atoms with van der Waals surface area (Å²) in [6.07, 6.45) is 1.88. The van der Waals surface area contributed by atoms with Gasteiger partial charge in [-0.15, -0.1) is 0 Å². The Hall–Kier alpha value is -3.00. The van der Waals surface area contributed by atoms with Crippen LogP contribution in [-0.2, 0) is 27.4 Å². The molecule has 0 N–H and O–H groups in total. The van der Waals surface area contributed by atoms with Gasteiger partial charge in [0.05, 0.1) is 19.2 Å². The molecule has 0 bridgehead atoms. The summed E-state index contributed by atoms with van der Waals surface area (Å²) in [6, 6.07) is 9.38. The maximum atomic E-state index is 13.3. The van der Waals surface area contributed by atoms with Crippen molar-refractivity contribution in [2.75, 3.05) is 26.5 Å². The summed E-state index contributed by atoms with van der Waals surface area (Å²) in [5.41, 5.74) is 0.911. The number of aryl methyl sites for hydroxylation is 1. The second-order valence-electron chi connectivity index (χ2n) is 7.98. The Morgan fingerprint density at radius 1 is 1.06 bits per heavy atom. The first-order valence-corrected chi connectivity index (χ1v) is 10.6. The first-order valence-electron chi connectivity index (χ1n) is 10.6. The molecule has 1 unspecified atom stereocenters. The van der Waals surface area contributed by atoms with Gasteiger partial charge in [0.1, 0.15) is 11.5 Å². The molecular weight excluding hydrogens is 400 g/mol. The highest BCUT2D eigenvalue weighted by Crippen LogP contribution is 2.33. The van der Waals surface area contributed by atoms with Crippen LogP contribution >= 0.6 is 0 Å². The van der Waals surface area contributed by atoms with Crippen LogP contribution in [0.4, 0.5) is 0 Å². The van der Waals surface area contributed by atoms with Crippen molar-refractivity contribution in [2.24, 2.45) is 0 Å². The first-order chi connectivity index (χ1) is 15.0. The predicted octanol–water partition coefficient (Wildman–Crippen LogP) is 2.87. The zero-order valence-corrected chi connectivity index (χ0v) is 18.0. The molecular formula is C23H28N2O6. The van der Waals surface area contributed by atoms with Crippen LogP contribution in [0, 0.1) is 6.92 Å². The molecule has 1 aromatic heterocycles. The minimum atomic E-state index is -0.153. The quantitative estimate of drug-likeness (QED) is 0.643. The Bertz CT molecular complexity index is 934. The number of carbonyl (C=O) groups is 2. The third kappa shape index (κ3) is 5.38. The van der Waals surface area contributed by atoms with E-state index in [2.05, 4.69) is 0 Å². The number of hydrogen-bond acceptors (Lipinski definition) is 6. The molecule has 4 rings (SSSR count). The summed E-state index contributed by atoms with van der Waals surface area (Å²) in [7, 11) is 0. The van der Waals surface area contributed by atoms with Gasteiger partial charge in [0.2, 0.25) is 18.6 Å². The van der Waals surface area contributed by atoms with Gasteiger partial charge in [-0.05, 0) is 49.6 Å². The van der Waals surface area contributed by atoms with Crippen LogP contribution in [0.3, 0.4) is 0 Å². The summed E-state index contributed by atoms with van der Waals surface area (Å²) in [5.74, 6) is 2.56. The fraction of sp³-hybridized carbons (Fsp3) is 0.478. The SMILES string of the molecule is CC(=O)N(CC(=O)N(Cc1ccc2c(c1)OCO2)Cc1ccc(C)o1)CC1CCCO1. The number of fused-ring (bicyclic) bond motifs is 1. The molecule has 2 aliphatic heterocycles.